The average Bonchev–Trinajstić information content (AvgIpc) is 3.11. The number of nitrogens with zero attached hydrogens (tertiary/aromatic N) is 5. The van der Waals surface area contributed by atoms with Crippen molar-refractivity contribution in [3.63, 3.8) is 0 Å². The fraction of sp³-hybridized carbons (Fsp3) is 0.176. The Balaban J connectivity index is 2.11. The van der Waals surface area contributed by atoms with E-state index in [-0.39, 0.29) is 5.16 Å². The van der Waals surface area contributed by atoms with Crippen LogP contribution in [0.3, 0.4) is 0 Å². The Morgan fingerprint density at radius 1 is 1.19 bits per heavy atom. The van der Waals surface area contributed by atoms with Crippen LogP contribution in [0.1, 0.15) is 5.56 Å². The van der Waals surface area contributed by atoms with Crippen molar-refractivity contribution in [1.82, 2.24) is 24.6 Å². The molecule has 0 saturated heterocycles. The van der Waals surface area contributed by atoms with Crippen LogP contribution in [0.25, 0.3) is 27.8 Å². The molecule has 4 rings (SSSR count). The quantitative estimate of drug-likeness (QED) is 0.485. The molecule has 3 heterocycles. The summed E-state index contributed by atoms with van der Waals surface area (Å²) < 4.78 is 30.4. The van der Waals surface area contributed by atoms with Gasteiger partial charge in [-0.15, -0.1) is 0 Å². The molecule has 138 valence electrons. The van der Waals surface area contributed by atoms with E-state index in [2.05, 4.69) is 20.1 Å². The number of aryl methyl sites for hydroxylation is 1. The van der Waals surface area contributed by atoms with Crippen molar-refractivity contribution < 1.29 is 13.2 Å². The molecule has 0 N–H and O–H groups in total. The van der Waals surface area contributed by atoms with Crippen molar-refractivity contribution in [2.24, 2.45) is 0 Å². The zero-order chi connectivity index (χ0) is 19.3. The van der Waals surface area contributed by atoms with Crippen LogP contribution in [-0.4, -0.2) is 46.3 Å². The minimum absolute atomic E-state index is 0.268. The van der Waals surface area contributed by atoms with Crippen molar-refractivity contribution in [2.45, 2.75) is 12.1 Å². The summed E-state index contributed by atoms with van der Waals surface area (Å²) in [7, 11) is -2.00. The van der Waals surface area contributed by atoms with E-state index in [1.54, 1.807) is 13.2 Å². The molecule has 0 spiro atoms. The number of hydrogen-bond donors (Lipinski definition) is 0. The van der Waals surface area contributed by atoms with E-state index in [1.807, 2.05) is 19.1 Å². The van der Waals surface area contributed by atoms with Gasteiger partial charge in [0.1, 0.15) is 12.1 Å². The van der Waals surface area contributed by atoms with Gasteiger partial charge >= 0.3 is 0 Å². The second-order valence-corrected chi connectivity index (χ2v) is 8.32. The van der Waals surface area contributed by atoms with Crippen LogP contribution in [0.15, 0.2) is 35.9 Å². The largest absolute Gasteiger partial charge is 0.495 e. The topological polar surface area (TPSA) is 99.3 Å². The molecule has 0 aliphatic heterocycles. The smallest absolute Gasteiger partial charge is 0.248 e. The number of aromatic nitrogens is 5. The zero-order valence-electron chi connectivity index (χ0n) is 14.6. The highest BCUT2D eigenvalue weighted by Gasteiger charge is 2.20. The van der Waals surface area contributed by atoms with Crippen LogP contribution in [0.2, 0.25) is 5.02 Å². The van der Waals surface area contributed by atoms with Crippen LogP contribution in [-0.2, 0) is 9.84 Å². The van der Waals surface area contributed by atoms with Crippen molar-refractivity contribution in [3.8, 4) is 16.9 Å². The standard InChI is InChI=1S/C17H14ClN5O3S/c1-9-4-5-12(26-2)14(18)13(9)11-6-10-7-19-17(27(3,24)25)22-15(10)23-16(11)20-8-21-23/h4-8H,1-3H3. The van der Waals surface area contributed by atoms with Crippen LogP contribution >= 0.6 is 11.6 Å². The average molecular weight is 404 g/mol. The van der Waals surface area contributed by atoms with Gasteiger partial charge in [-0.2, -0.15) is 14.6 Å². The third-order valence-electron chi connectivity index (χ3n) is 4.20. The summed E-state index contributed by atoms with van der Waals surface area (Å²) in [5.74, 6) is 0.540. The van der Waals surface area contributed by atoms with E-state index in [4.69, 9.17) is 16.3 Å². The summed E-state index contributed by atoms with van der Waals surface area (Å²) in [6, 6.07) is 5.52. The van der Waals surface area contributed by atoms with E-state index in [1.165, 1.54) is 17.0 Å². The predicted molar refractivity (Wildman–Crippen MR) is 101 cm³/mol. The number of sulfone groups is 1. The monoisotopic (exact) mass is 403 g/mol. The third kappa shape index (κ3) is 2.79. The summed E-state index contributed by atoms with van der Waals surface area (Å²) in [4.78, 5) is 12.4. The number of fused-ring (bicyclic) bond motifs is 3. The molecule has 0 fully saturated rings. The first-order chi connectivity index (χ1) is 12.8. The molecule has 4 aromatic rings. The van der Waals surface area contributed by atoms with Gasteiger partial charge in [-0.05, 0) is 24.6 Å². The Labute approximate surface area is 159 Å². The lowest BCUT2D eigenvalue weighted by Crippen LogP contribution is -2.06. The van der Waals surface area contributed by atoms with E-state index >= 15 is 0 Å². The van der Waals surface area contributed by atoms with Gasteiger partial charge in [0.2, 0.25) is 15.0 Å². The second-order valence-electron chi connectivity index (χ2n) is 6.03. The minimum Gasteiger partial charge on any atom is -0.495 e. The molecule has 8 nitrogen and oxygen atoms in total. The van der Waals surface area contributed by atoms with Crippen molar-refractivity contribution in [1.29, 1.82) is 0 Å². The van der Waals surface area contributed by atoms with Gasteiger partial charge in [0.25, 0.3) is 0 Å². The SMILES string of the molecule is COc1ccc(C)c(-c2cc3cnc(S(C)(=O)=O)nc3n3ncnc23)c1Cl. The molecule has 0 aliphatic carbocycles. The van der Waals surface area contributed by atoms with Crippen LogP contribution in [0, 0.1) is 6.92 Å². The molecule has 10 heteroatoms. The van der Waals surface area contributed by atoms with E-state index in [0.29, 0.717) is 27.5 Å². The zero-order valence-corrected chi connectivity index (χ0v) is 16.2. The van der Waals surface area contributed by atoms with Crippen molar-refractivity contribution in [3.05, 3.63) is 41.3 Å². The first-order valence-corrected chi connectivity index (χ1v) is 10.1. The highest BCUT2D eigenvalue weighted by atomic mass is 35.5. The molecule has 3 aromatic heterocycles. The van der Waals surface area contributed by atoms with E-state index in [9.17, 15) is 8.42 Å². The Kier molecular flexibility index (Phi) is 4.01. The highest BCUT2D eigenvalue weighted by molar-refractivity contribution is 7.90. The predicted octanol–water partition coefficient (Wildman–Crippen LogP) is 2.71. The molecule has 0 saturated carbocycles. The van der Waals surface area contributed by atoms with Gasteiger partial charge in [-0.1, -0.05) is 17.7 Å². The first kappa shape index (κ1) is 17.6. The number of rotatable bonds is 3. The molecule has 0 aliphatic rings. The maximum atomic E-state index is 11.8. The molecular formula is C17H14ClN5O3S. The van der Waals surface area contributed by atoms with Gasteiger partial charge < -0.3 is 4.74 Å². The number of methoxy groups -OCH3 is 1. The summed E-state index contributed by atoms with van der Waals surface area (Å²) in [6.07, 6.45) is 3.89. The Morgan fingerprint density at radius 3 is 2.67 bits per heavy atom. The number of pyridine rings is 1. The normalized spacial score (nSPS) is 12.0. The summed E-state index contributed by atoms with van der Waals surface area (Å²) in [5.41, 5.74) is 3.25. The fourth-order valence-corrected chi connectivity index (χ4v) is 3.83. The molecule has 1 aromatic carbocycles. The number of benzene rings is 1. The lowest BCUT2D eigenvalue weighted by Gasteiger charge is -2.14. The van der Waals surface area contributed by atoms with E-state index in [0.717, 1.165) is 22.9 Å². The molecule has 0 bridgehead atoms. The maximum Gasteiger partial charge on any atom is 0.248 e. The van der Waals surface area contributed by atoms with E-state index < -0.39 is 9.84 Å². The summed E-state index contributed by atoms with van der Waals surface area (Å²) in [5, 5.41) is 5.00. The number of hydrogen-bond acceptors (Lipinski definition) is 7. The molecule has 27 heavy (non-hydrogen) atoms. The van der Waals surface area contributed by atoms with Crippen LogP contribution in [0.4, 0.5) is 0 Å². The summed E-state index contributed by atoms with van der Waals surface area (Å²) >= 11 is 6.56. The lowest BCUT2D eigenvalue weighted by molar-refractivity contribution is 0.415. The Morgan fingerprint density at radius 2 is 1.96 bits per heavy atom. The fourth-order valence-electron chi connectivity index (χ4n) is 2.94. The number of halogens is 1. The van der Waals surface area contributed by atoms with Gasteiger partial charge in [0.15, 0.2) is 11.3 Å². The molecule has 0 atom stereocenters. The van der Waals surface area contributed by atoms with Crippen LogP contribution < -0.4 is 4.74 Å². The van der Waals surface area contributed by atoms with Gasteiger partial charge in [0.05, 0.1) is 12.1 Å². The maximum absolute atomic E-state index is 11.8. The Hall–Kier alpha value is -2.78. The third-order valence-corrected chi connectivity index (χ3v) is 5.43. The lowest BCUT2D eigenvalue weighted by atomic mass is 10.00. The van der Waals surface area contributed by atoms with Gasteiger partial charge in [-0.3, -0.25) is 0 Å². The molecule has 0 amide bonds. The minimum atomic E-state index is -3.55. The number of ether oxygens (including phenoxy) is 1. The highest BCUT2D eigenvalue weighted by Crippen LogP contribution is 2.40. The van der Waals surface area contributed by atoms with Crippen molar-refractivity contribution >= 4 is 38.1 Å². The van der Waals surface area contributed by atoms with Gasteiger partial charge in [0, 0.05) is 29.0 Å². The van der Waals surface area contributed by atoms with Crippen LogP contribution in [0.5, 0.6) is 5.75 Å². The molecule has 0 unspecified atom stereocenters. The molecule has 0 radical (unpaired) electrons. The first-order valence-electron chi connectivity index (χ1n) is 7.84. The molecular weight excluding hydrogens is 390 g/mol. The Bertz CT molecular complexity index is 1320. The van der Waals surface area contributed by atoms with Gasteiger partial charge in [-0.25, -0.2) is 18.4 Å². The summed E-state index contributed by atoms with van der Waals surface area (Å²) in [6.45, 7) is 1.93. The van der Waals surface area contributed by atoms with Crippen molar-refractivity contribution in [2.75, 3.05) is 13.4 Å². The second kappa shape index (κ2) is 6.14.